The number of nitrogens with one attached hydrogen (secondary N) is 1. The van der Waals surface area contributed by atoms with E-state index in [-0.39, 0.29) is 24.6 Å². The van der Waals surface area contributed by atoms with E-state index < -0.39 is 38.8 Å². The Morgan fingerprint density at radius 1 is 1.30 bits per heavy atom. The fourth-order valence-electron chi connectivity index (χ4n) is 2.77. The monoisotopic (exact) mass is 438 g/mol. The van der Waals surface area contributed by atoms with Crippen LogP contribution in [0.5, 0.6) is 0 Å². The van der Waals surface area contributed by atoms with E-state index in [4.69, 9.17) is 12.2 Å². The molecule has 0 radical (unpaired) electrons. The summed E-state index contributed by atoms with van der Waals surface area (Å²) in [5.74, 6) is -2.64. The minimum atomic E-state index is -3.67. The summed E-state index contributed by atoms with van der Waals surface area (Å²) in [6.45, 7) is 3.79. The summed E-state index contributed by atoms with van der Waals surface area (Å²) in [5, 5.41) is 11.0. The molecule has 0 bridgehead atoms. The van der Waals surface area contributed by atoms with Gasteiger partial charge in [-0.15, -0.1) is 0 Å². The molecule has 0 aromatic heterocycles. The summed E-state index contributed by atoms with van der Waals surface area (Å²) in [7, 11) is -3.67. The molecule has 0 aromatic carbocycles. The van der Waals surface area contributed by atoms with Crippen LogP contribution in [-0.4, -0.2) is 69.9 Å². The Balaban J connectivity index is 2.69. The van der Waals surface area contributed by atoms with Gasteiger partial charge in [0.25, 0.3) is 0 Å². The standard InChI is InChI=1S/C16H26N2O6S3/c1-3-5-11(6-4-2)27(23,24)10-12(15(21)22)17-13(19)7-8-18-14(20)9-26-16(18)25/h11-12H,3-10H2,1-2H3,(H,17,19)(H,21,22). The van der Waals surface area contributed by atoms with Crippen molar-refractivity contribution in [1.29, 1.82) is 0 Å². The average molecular weight is 439 g/mol. The number of hydrogen-bond donors (Lipinski definition) is 2. The molecule has 0 aromatic rings. The number of carbonyl (C=O) groups excluding carboxylic acids is 2. The molecule has 0 aliphatic carbocycles. The van der Waals surface area contributed by atoms with Crippen LogP contribution in [0, 0.1) is 0 Å². The van der Waals surface area contributed by atoms with E-state index in [1.54, 1.807) is 0 Å². The molecule has 2 amide bonds. The van der Waals surface area contributed by atoms with Gasteiger partial charge < -0.3 is 10.4 Å². The molecule has 2 N–H and O–H groups in total. The largest absolute Gasteiger partial charge is 0.480 e. The first-order valence-corrected chi connectivity index (χ1v) is 11.9. The summed E-state index contributed by atoms with van der Waals surface area (Å²) in [5.41, 5.74) is 0. The van der Waals surface area contributed by atoms with E-state index in [1.807, 2.05) is 13.8 Å². The van der Waals surface area contributed by atoms with Crippen LogP contribution in [0.1, 0.15) is 46.0 Å². The summed E-state index contributed by atoms with van der Waals surface area (Å²) < 4.78 is 25.5. The third-order valence-corrected chi connectivity index (χ3v) is 7.88. The number of sulfone groups is 1. The van der Waals surface area contributed by atoms with Gasteiger partial charge in [-0.05, 0) is 12.8 Å². The molecule has 154 valence electrons. The zero-order valence-electron chi connectivity index (χ0n) is 15.5. The highest BCUT2D eigenvalue weighted by Gasteiger charge is 2.32. The topological polar surface area (TPSA) is 121 Å². The smallest absolute Gasteiger partial charge is 0.327 e. The second-order valence-electron chi connectivity index (χ2n) is 6.34. The number of thiocarbonyl (C=S) groups is 1. The van der Waals surface area contributed by atoms with Crippen molar-refractivity contribution in [3.8, 4) is 0 Å². The van der Waals surface area contributed by atoms with E-state index in [9.17, 15) is 27.9 Å². The molecule has 1 aliphatic rings. The van der Waals surface area contributed by atoms with E-state index in [1.165, 1.54) is 16.7 Å². The molecule has 27 heavy (non-hydrogen) atoms. The van der Waals surface area contributed by atoms with Crippen LogP contribution in [0.4, 0.5) is 0 Å². The molecule has 1 atom stereocenters. The highest BCUT2D eigenvalue weighted by molar-refractivity contribution is 8.23. The van der Waals surface area contributed by atoms with Gasteiger partial charge in [0.2, 0.25) is 11.8 Å². The van der Waals surface area contributed by atoms with Gasteiger partial charge in [-0.3, -0.25) is 14.5 Å². The maximum absolute atomic E-state index is 12.6. The molecule has 1 rings (SSSR count). The number of hydrogen-bond acceptors (Lipinski definition) is 7. The Morgan fingerprint density at radius 3 is 2.33 bits per heavy atom. The third kappa shape index (κ3) is 7.38. The van der Waals surface area contributed by atoms with Crippen LogP contribution in [0.15, 0.2) is 0 Å². The Bertz CT molecular complexity index is 658. The minimum Gasteiger partial charge on any atom is -0.480 e. The first-order valence-electron chi connectivity index (χ1n) is 8.83. The minimum absolute atomic E-state index is 0.0455. The van der Waals surface area contributed by atoms with Crippen LogP contribution < -0.4 is 5.32 Å². The maximum Gasteiger partial charge on any atom is 0.327 e. The van der Waals surface area contributed by atoms with Crippen molar-refractivity contribution in [2.24, 2.45) is 0 Å². The van der Waals surface area contributed by atoms with Gasteiger partial charge in [0.1, 0.15) is 10.4 Å². The van der Waals surface area contributed by atoms with E-state index in [2.05, 4.69) is 5.32 Å². The number of carboxylic acids is 1. The van der Waals surface area contributed by atoms with Gasteiger partial charge in [0.05, 0.1) is 16.8 Å². The zero-order chi connectivity index (χ0) is 20.6. The maximum atomic E-state index is 12.6. The summed E-state index contributed by atoms with van der Waals surface area (Å²) >= 11 is 6.22. The van der Waals surface area contributed by atoms with Crippen molar-refractivity contribution in [1.82, 2.24) is 10.2 Å². The van der Waals surface area contributed by atoms with Gasteiger partial charge in [-0.2, -0.15) is 0 Å². The third-order valence-electron chi connectivity index (χ3n) is 4.16. The van der Waals surface area contributed by atoms with Crippen molar-refractivity contribution >= 4 is 55.9 Å². The summed E-state index contributed by atoms with van der Waals surface area (Å²) in [6, 6.07) is -1.52. The Hall–Kier alpha value is -1.20. The van der Waals surface area contributed by atoms with Crippen molar-refractivity contribution in [3.05, 3.63) is 0 Å². The average Bonchev–Trinajstić information content (AvgIpc) is 2.90. The Kier molecular flexibility index (Phi) is 9.68. The summed E-state index contributed by atoms with van der Waals surface area (Å²) in [4.78, 5) is 36.4. The normalized spacial score (nSPS) is 16.0. The molecular formula is C16H26N2O6S3. The van der Waals surface area contributed by atoms with E-state index in [0.717, 1.165) is 0 Å². The number of amides is 2. The van der Waals surface area contributed by atoms with Gasteiger partial charge >= 0.3 is 5.97 Å². The molecule has 0 saturated carbocycles. The highest BCUT2D eigenvalue weighted by Crippen LogP contribution is 2.19. The fraction of sp³-hybridized carbons (Fsp3) is 0.750. The van der Waals surface area contributed by atoms with Crippen LogP contribution in [0.2, 0.25) is 0 Å². The molecule has 0 spiro atoms. The first-order chi connectivity index (χ1) is 12.6. The SMILES string of the molecule is CCCC(CCC)S(=O)(=O)CC(NC(=O)CCN1C(=O)CSC1=S)C(=O)O. The number of nitrogens with zero attached hydrogens (tertiary/aromatic N) is 1. The number of carboxylic acid groups (broad SMARTS) is 1. The predicted molar refractivity (Wildman–Crippen MR) is 108 cm³/mol. The quantitative estimate of drug-likeness (QED) is 0.436. The van der Waals surface area contributed by atoms with Gasteiger partial charge in [-0.1, -0.05) is 50.7 Å². The van der Waals surface area contributed by atoms with Crippen LogP contribution in [-0.2, 0) is 24.2 Å². The second-order valence-corrected chi connectivity index (χ2v) is 10.3. The lowest BCUT2D eigenvalue weighted by Gasteiger charge is -2.21. The van der Waals surface area contributed by atoms with Crippen molar-refractivity contribution < 1.29 is 27.9 Å². The lowest BCUT2D eigenvalue weighted by molar-refractivity contribution is -0.141. The summed E-state index contributed by atoms with van der Waals surface area (Å²) in [6.07, 6.45) is 2.13. The molecule has 1 unspecified atom stereocenters. The number of thioether (sulfide) groups is 1. The number of aliphatic carboxylic acids is 1. The van der Waals surface area contributed by atoms with Gasteiger partial charge in [0, 0.05) is 13.0 Å². The lowest BCUT2D eigenvalue weighted by atomic mass is 10.2. The van der Waals surface area contributed by atoms with Gasteiger partial charge in [0.15, 0.2) is 9.84 Å². The zero-order valence-corrected chi connectivity index (χ0v) is 17.9. The van der Waals surface area contributed by atoms with E-state index in [0.29, 0.717) is 30.0 Å². The molecular weight excluding hydrogens is 412 g/mol. The molecule has 8 nitrogen and oxygen atoms in total. The molecule has 1 saturated heterocycles. The molecule has 1 fully saturated rings. The molecule has 1 aliphatic heterocycles. The molecule has 1 heterocycles. The van der Waals surface area contributed by atoms with E-state index >= 15 is 0 Å². The highest BCUT2D eigenvalue weighted by atomic mass is 32.2. The fourth-order valence-corrected chi connectivity index (χ4v) is 6.04. The van der Waals surface area contributed by atoms with Crippen LogP contribution in [0.25, 0.3) is 0 Å². The Morgan fingerprint density at radius 2 is 1.89 bits per heavy atom. The van der Waals surface area contributed by atoms with Crippen molar-refractivity contribution in [2.75, 3.05) is 18.1 Å². The van der Waals surface area contributed by atoms with Crippen LogP contribution >= 0.6 is 24.0 Å². The Labute approximate surface area is 169 Å². The molecule has 11 heteroatoms. The van der Waals surface area contributed by atoms with Crippen molar-refractivity contribution in [3.63, 3.8) is 0 Å². The number of rotatable bonds is 12. The van der Waals surface area contributed by atoms with Crippen molar-refractivity contribution in [2.45, 2.75) is 57.2 Å². The van der Waals surface area contributed by atoms with Gasteiger partial charge in [-0.25, -0.2) is 13.2 Å². The van der Waals surface area contributed by atoms with Crippen LogP contribution in [0.3, 0.4) is 0 Å². The number of carbonyl (C=O) groups is 3. The lowest BCUT2D eigenvalue weighted by Crippen LogP contribution is -2.47. The second kappa shape index (κ2) is 11.0. The predicted octanol–water partition coefficient (Wildman–Crippen LogP) is 1.19. The first kappa shape index (κ1) is 23.8.